The van der Waals surface area contributed by atoms with Gasteiger partial charge in [0.2, 0.25) is 0 Å². The SMILES string of the molecule is CC/C=C\C/C=C\C/C=C\C/C=C\C/C=C\C/C=C\C/C=C\CCCCCC(=O)OCC(COC(=O)CCCCCCC)OC(=O)CCCCCCC/C=C\C/C=C\CCCCC. The van der Waals surface area contributed by atoms with Gasteiger partial charge in [-0.05, 0) is 109 Å². The predicted octanol–water partition coefficient (Wildman–Crippen LogP) is 16.8. The van der Waals surface area contributed by atoms with Crippen molar-refractivity contribution >= 4 is 17.9 Å². The summed E-state index contributed by atoms with van der Waals surface area (Å²) >= 11 is 0. The zero-order valence-corrected chi connectivity index (χ0v) is 40.5. The molecule has 0 N–H and O–H groups in total. The van der Waals surface area contributed by atoms with E-state index >= 15 is 0 Å². The molecule has 0 radical (unpaired) electrons. The number of esters is 3. The molecule has 0 bridgehead atoms. The number of rotatable bonds is 44. The van der Waals surface area contributed by atoms with Crippen LogP contribution in [0.1, 0.15) is 213 Å². The van der Waals surface area contributed by atoms with Gasteiger partial charge < -0.3 is 14.2 Å². The van der Waals surface area contributed by atoms with Crippen LogP contribution in [0.15, 0.2) is 109 Å². The van der Waals surface area contributed by atoms with Crippen LogP contribution in [0.25, 0.3) is 0 Å². The first-order valence-corrected chi connectivity index (χ1v) is 25.4. The quantitative estimate of drug-likeness (QED) is 0.0263. The Balaban J connectivity index is 4.27. The maximum Gasteiger partial charge on any atom is 0.306 e. The summed E-state index contributed by atoms with van der Waals surface area (Å²) in [5.74, 6) is -0.967. The number of hydrogen-bond acceptors (Lipinski definition) is 6. The molecule has 6 heteroatoms. The molecule has 0 saturated carbocycles. The van der Waals surface area contributed by atoms with E-state index in [1.807, 2.05) is 0 Å². The smallest absolute Gasteiger partial charge is 0.306 e. The van der Waals surface area contributed by atoms with Crippen LogP contribution in [0.5, 0.6) is 0 Å². The zero-order chi connectivity index (χ0) is 45.8. The second-order valence-electron chi connectivity index (χ2n) is 16.3. The molecule has 6 nitrogen and oxygen atoms in total. The van der Waals surface area contributed by atoms with Gasteiger partial charge in [-0.25, -0.2) is 0 Å². The Bertz CT molecular complexity index is 1330. The highest BCUT2D eigenvalue weighted by molar-refractivity contribution is 5.71. The molecule has 356 valence electrons. The largest absolute Gasteiger partial charge is 0.462 e. The number of ether oxygens (including phenoxy) is 3. The van der Waals surface area contributed by atoms with Crippen molar-refractivity contribution in [1.29, 1.82) is 0 Å². The van der Waals surface area contributed by atoms with E-state index in [2.05, 4.69) is 130 Å². The standard InChI is InChI=1S/C57H92O6/c1-4-7-10-13-15-17-19-21-23-24-25-26-27-28-29-30-31-32-34-35-37-39-41-44-47-50-56(59)62-53-54(52-61-55(58)49-46-43-12-9-6-3)63-57(60)51-48-45-42-40-38-36-33-22-20-18-16-14-11-8-5-2/h7,10,15-18,21-23,25-26,28-29,31-33,35,37,54H,4-6,8-9,11-14,19-20,24,27,30,34,36,38-53H2,1-3H3/b10-7-,17-15-,18-16-,23-21-,26-25-,29-28-,32-31-,33-22-,37-35-. The number of carbonyl (C=O) groups excluding carboxylic acids is 3. The zero-order valence-electron chi connectivity index (χ0n) is 40.5. The number of hydrogen-bond donors (Lipinski definition) is 0. The first kappa shape index (κ1) is 59.1. The third-order valence-corrected chi connectivity index (χ3v) is 10.3. The van der Waals surface area contributed by atoms with Crippen molar-refractivity contribution in [3.05, 3.63) is 109 Å². The molecular formula is C57H92O6. The minimum Gasteiger partial charge on any atom is -0.462 e. The van der Waals surface area contributed by atoms with Crippen LogP contribution < -0.4 is 0 Å². The normalized spacial score (nSPS) is 13.0. The van der Waals surface area contributed by atoms with Gasteiger partial charge in [0.05, 0.1) is 0 Å². The van der Waals surface area contributed by atoms with E-state index in [9.17, 15) is 14.4 Å². The van der Waals surface area contributed by atoms with Gasteiger partial charge in [0, 0.05) is 19.3 Å². The molecule has 1 atom stereocenters. The molecule has 0 aromatic rings. The summed E-state index contributed by atoms with van der Waals surface area (Å²) in [6.45, 7) is 6.35. The molecule has 0 aliphatic rings. The molecule has 1 unspecified atom stereocenters. The minimum absolute atomic E-state index is 0.0973. The van der Waals surface area contributed by atoms with E-state index in [-0.39, 0.29) is 31.1 Å². The third-order valence-electron chi connectivity index (χ3n) is 10.3. The Labute approximate surface area is 387 Å². The van der Waals surface area contributed by atoms with E-state index in [4.69, 9.17) is 14.2 Å². The third kappa shape index (κ3) is 49.0. The maximum absolute atomic E-state index is 12.7. The average Bonchev–Trinajstić information content (AvgIpc) is 3.28. The Morgan fingerprint density at radius 2 is 0.619 bits per heavy atom. The topological polar surface area (TPSA) is 78.9 Å². The molecular weight excluding hydrogens is 781 g/mol. The first-order chi connectivity index (χ1) is 31.0. The number of allylic oxidation sites excluding steroid dienone is 18. The molecule has 0 spiro atoms. The first-order valence-electron chi connectivity index (χ1n) is 25.4. The molecule has 0 aromatic heterocycles. The van der Waals surface area contributed by atoms with Gasteiger partial charge in [0.25, 0.3) is 0 Å². The summed E-state index contributed by atoms with van der Waals surface area (Å²) in [4.78, 5) is 37.6. The molecule has 0 saturated heterocycles. The lowest BCUT2D eigenvalue weighted by Crippen LogP contribution is -2.30. The second kappa shape index (κ2) is 50.7. The summed E-state index contributed by atoms with van der Waals surface area (Å²) in [6.07, 6.45) is 68.2. The lowest BCUT2D eigenvalue weighted by Gasteiger charge is -2.18. The molecule has 0 aliphatic carbocycles. The van der Waals surface area contributed by atoms with Crippen LogP contribution in [0.3, 0.4) is 0 Å². The number of unbranched alkanes of at least 4 members (excludes halogenated alkanes) is 15. The van der Waals surface area contributed by atoms with E-state index in [0.29, 0.717) is 19.3 Å². The van der Waals surface area contributed by atoms with Crippen LogP contribution in [0.4, 0.5) is 0 Å². The molecule has 0 fully saturated rings. The molecule has 0 aliphatic heterocycles. The van der Waals surface area contributed by atoms with Crippen molar-refractivity contribution in [2.45, 2.75) is 219 Å². The summed E-state index contributed by atoms with van der Waals surface area (Å²) in [5.41, 5.74) is 0. The van der Waals surface area contributed by atoms with Crippen molar-refractivity contribution in [1.82, 2.24) is 0 Å². The van der Waals surface area contributed by atoms with Crippen molar-refractivity contribution in [3.8, 4) is 0 Å². The van der Waals surface area contributed by atoms with Crippen molar-refractivity contribution < 1.29 is 28.6 Å². The highest BCUT2D eigenvalue weighted by atomic mass is 16.6. The molecule has 0 amide bonds. The second-order valence-corrected chi connectivity index (χ2v) is 16.3. The van der Waals surface area contributed by atoms with Crippen molar-refractivity contribution in [2.75, 3.05) is 13.2 Å². The monoisotopic (exact) mass is 873 g/mol. The van der Waals surface area contributed by atoms with Crippen molar-refractivity contribution in [3.63, 3.8) is 0 Å². The summed E-state index contributed by atoms with van der Waals surface area (Å²) in [6, 6.07) is 0. The van der Waals surface area contributed by atoms with Gasteiger partial charge in [-0.2, -0.15) is 0 Å². The lowest BCUT2D eigenvalue weighted by atomic mass is 10.1. The van der Waals surface area contributed by atoms with Gasteiger partial charge >= 0.3 is 17.9 Å². The highest BCUT2D eigenvalue weighted by Crippen LogP contribution is 2.12. The van der Waals surface area contributed by atoms with Gasteiger partial charge in [-0.15, -0.1) is 0 Å². The fourth-order valence-electron chi connectivity index (χ4n) is 6.45. The van der Waals surface area contributed by atoms with E-state index in [1.165, 1.54) is 25.7 Å². The van der Waals surface area contributed by atoms with Crippen LogP contribution >= 0.6 is 0 Å². The maximum atomic E-state index is 12.7. The van der Waals surface area contributed by atoms with Gasteiger partial charge in [-0.3, -0.25) is 14.4 Å². The summed E-state index contributed by atoms with van der Waals surface area (Å²) in [7, 11) is 0. The Morgan fingerprint density at radius 3 is 1.02 bits per heavy atom. The van der Waals surface area contributed by atoms with E-state index in [0.717, 1.165) is 148 Å². The van der Waals surface area contributed by atoms with Crippen LogP contribution in [-0.4, -0.2) is 37.2 Å². The van der Waals surface area contributed by atoms with Crippen LogP contribution in [0.2, 0.25) is 0 Å². The van der Waals surface area contributed by atoms with Gasteiger partial charge in [0.1, 0.15) is 13.2 Å². The average molecular weight is 873 g/mol. The van der Waals surface area contributed by atoms with Gasteiger partial charge in [0.15, 0.2) is 6.10 Å². The molecule has 0 rings (SSSR count). The highest BCUT2D eigenvalue weighted by Gasteiger charge is 2.19. The van der Waals surface area contributed by atoms with Crippen LogP contribution in [-0.2, 0) is 28.6 Å². The lowest BCUT2D eigenvalue weighted by molar-refractivity contribution is -0.167. The number of carbonyl (C=O) groups is 3. The molecule has 0 heterocycles. The molecule has 0 aromatic carbocycles. The predicted molar refractivity (Wildman–Crippen MR) is 270 cm³/mol. The minimum atomic E-state index is -0.797. The Hall–Kier alpha value is -3.93. The van der Waals surface area contributed by atoms with Gasteiger partial charge in [-0.1, -0.05) is 194 Å². The molecule has 63 heavy (non-hydrogen) atoms. The summed E-state index contributed by atoms with van der Waals surface area (Å²) in [5, 5.41) is 0. The summed E-state index contributed by atoms with van der Waals surface area (Å²) < 4.78 is 16.6. The fraction of sp³-hybridized carbons (Fsp3) is 0.632. The Kier molecular flexibility index (Phi) is 47.5. The van der Waals surface area contributed by atoms with Crippen LogP contribution in [0, 0.1) is 0 Å². The van der Waals surface area contributed by atoms with E-state index < -0.39 is 6.10 Å². The van der Waals surface area contributed by atoms with Crippen molar-refractivity contribution in [2.24, 2.45) is 0 Å². The fourth-order valence-corrected chi connectivity index (χ4v) is 6.45. The Morgan fingerprint density at radius 1 is 0.333 bits per heavy atom. The van der Waals surface area contributed by atoms with E-state index in [1.54, 1.807) is 0 Å².